The zero-order valence-corrected chi connectivity index (χ0v) is 10.7. The Morgan fingerprint density at radius 2 is 2.05 bits per heavy atom. The molecule has 0 saturated carbocycles. The molecule has 1 heterocycles. The Bertz CT molecular complexity index is 605. The molecule has 19 heavy (non-hydrogen) atoms. The van der Waals surface area contributed by atoms with Gasteiger partial charge in [0.25, 0.3) is 0 Å². The summed E-state index contributed by atoms with van der Waals surface area (Å²) < 4.78 is 19.2. The van der Waals surface area contributed by atoms with Crippen LogP contribution in [0, 0.1) is 12.7 Å². The van der Waals surface area contributed by atoms with E-state index >= 15 is 0 Å². The molecule has 0 atom stereocenters. The first-order chi connectivity index (χ1) is 9.04. The molecular formula is C13H14FN3O2. The van der Waals surface area contributed by atoms with E-state index in [1.54, 1.807) is 13.8 Å². The number of nitrogens with zero attached hydrogens (tertiary/aromatic N) is 2. The molecule has 0 aliphatic rings. The number of ether oxygens (including phenoxy) is 1. The average molecular weight is 263 g/mol. The lowest BCUT2D eigenvalue weighted by atomic mass is 10.2. The van der Waals surface area contributed by atoms with Crippen molar-refractivity contribution in [2.45, 2.75) is 13.8 Å². The summed E-state index contributed by atoms with van der Waals surface area (Å²) in [6.45, 7) is 3.65. The highest BCUT2D eigenvalue weighted by molar-refractivity contribution is 5.95. The lowest BCUT2D eigenvalue weighted by Gasteiger charge is -2.04. The van der Waals surface area contributed by atoms with Crippen LogP contribution in [0.2, 0.25) is 0 Å². The van der Waals surface area contributed by atoms with Gasteiger partial charge in [0.1, 0.15) is 17.2 Å². The Morgan fingerprint density at radius 1 is 1.42 bits per heavy atom. The second-order valence-electron chi connectivity index (χ2n) is 3.95. The highest BCUT2D eigenvalue weighted by Crippen LogP contribution is 2.21. The first-order valence-electron chi connectivity index (χ1n) is 5.82. The Labute approximate surface area is 109 Å². The summed E-state index contributed by atoms with van der Waals surface area (Å²) in [7, 11) is 0. The first kappa shape index (κ1) is 13.1. The number of nitrogens with two attached hydrogens (primary N) is 1. The van der Waals surface area contributed by atoms with Gasteiger partial charge in [-0.15, -0.1) is 0 Å². The molecule has 1 aromatic carbocycles. The molecule has 0 amide bonds. The molecule has 0 aliphatic carbocycles. The van der Waals surface area contributed by atoms with Gasteiger partial charge < -0.3 is 10.5 Å². The number of rotatable bonds is 3. The van der Waals surface area contributed by atoms with Crippen molar-refractivity contribution in [2.24, 2.45) is 0 Å². The Hall–Kier alpha value is -2.37. The summed E-state index contributed by atoms with van der Waals surface area (Å²) in [5.41, 5.74) is 7.21. The van der Waals surface area contributed by atoms with Gasteiger partial charge in [0.2, 0.25) is 0 Å². The van der Waals surface area contributed by atoms with Crippen LogP contribution in [0.4, 0.5) is 10.2 Å². The van der Waals surface area contributed by atoms with Gasteiger partial charge in [-0.25, -0.2) is 13.9 Å². The van der Waals surface area contributed by atoms with E-state index in [1.165, 1.54) is 28.9 Å². The standard InChI is InChI=1S/C13H14FN3O2/c1-3-19-13(18)11-8(2)16-17(12(11)15)10-6-4-9(14)5-7-10/h4-7H,3,15H2,1-2H3. The fourth-order valence-electron chi connectivity index (χ4n) is 1.78. The van der Waals surface area contributed by atoms with Crippen LogP contribution in [0.25, 0.3) is 5.69 Å². The second-order valence-corrected chi connectivity index (χ2v) is 3.95. The number of esters is 1. The van der Waals surface area contributed by atoms with Gasteiger partial charge >= 0.3 is 5.97 Å². The molecule has 0 spiro atoms. The van der Waals surface area contributed by atoms with E-state index in [9.17, 15) is 9.18 Å². The second kappa shape index (κ2) is 5.09. The van der Waals surface area contributed by atoms with E-state index in [0.29, 0.717) is 11.4 Å². The minimum Gasteiger partial charge on any atom is -0.462 e. The maximum atomic E-state index is 12.9. The van der Waals surface area contributed by atoms with Crippen molar-refractivity contribution in [3.63, 3.8) is 0 Å². The van der Waals surface area contributed by atoms with Crippen LogP contribution < -0.4 is 5.73 Å². The Kier molecular flexibility index (Phi) is 3.50. The van der Waals surface area contributed by atoms with Crippen LogP contribution in [0.15, 0.2) is 24.3 Å². The van der Waals surface area contributed by atoms with Crippen LogP contribution in [0.3, 0.4) is 0 Å². The minimum atomic E-state index is -0.508. The monoisotopic (exact) mass is 263 g/mol. The van der Waals surface area contributed by atoms with Crippen LogP contribution >= 0.6 is 0 Å². The van der Waals surface area contributed by atoms with Gasteiger partial charge in [0.05, 0.1) is 18.0 Å². The summed E-state index contributed by atoms with van der Waals surface area (Å²) in [4.78, 5) is 11.8. The molecule has 6 heteroatoms. The van der Waals surface area contributed by atoms with Crippen molar-refractivity contribution in [3.05, 3.63) is 41.3 Å². The smallest absolute Gasteiger partial charge is 0.343 e. The summed E-state index contributed by atoms with van der Waals surface area (Å²) in [6.07, 6.45) is 0. The van der Waals surface area contributed by atoms with Crippen molar-refractivity contribution in [1.29, 1.82) is 0 Å². The molecule has 0 bridgehead atoms. The predicted octanol–water partition coefficient (Wildman–Crippen LogP) is 2.08. The number of benzene rings is 1. The molecule has 100 valence electrons. The summed E-state index contributed by atoms with van der Waals surface area (Å²) in [6, 6.07) is 5.67. The van der Waals surface area contributed by atoms with Crippen LogP contribution in [0.1, 0.15) is 23.0 Å². The number of aryl methyl sites for hydroxylation is 1. The predicted molar refractivity (Wildman–Crippen MR) is 68.6 cm³/mol. The van der Waals surface area contributed by atoms with Crippen LogP contribution in [0.5, 0.6) is 0 Å². The molecule has 0 fully saturated rings. The number of nitrogen functional groups attached to an aromatic ring is 1. The highest BCUT2D eigenvalue weighted by Gasteiger charge is 2.21. The SMILES string of the molecule is CCOC(=O)c1c(C)nn(-c2ccc(F)cc2)c1N. The van der Waals surface area contributed by atoms with E-state index in [1.807, 2.05) is 0 Å². The van der Waals surface area contributed by atoms with Crippen molar-refractivity contribution in [1.82, 2.24) is 9.78 Å². The fourth-order valence-corrected chi connectivity index (χ4v) is 1.78. The molecular weight excluding hydrogens is 249 g/mol. The van der Waals surface area contributed by atoms with Gasteiger partial charge in [-0.2, -0.15) is 5.10 Å². The third kappa shape index (κ3) is 2.42. The highest BCUT2D eigenvalue weighted by atomic mass is 19.1. The van der Waals surface area contributed by atoms with Gasteiger partial charge in [-0.3, -0.25) is 0 Å². The Morgan fingerprint density at radius 3 is 2.63 bits per heavy atom. The number of hydrogen-bond acceptors (Lipinski definition) is 4. The number of carbonyl (C=O) groups excluding carboxylic acids is 1. The molecule has 2 rings (SSSR count). The number of anilines is 1. The zero-order chi connectivity index (χ0) is 14.0. The maximum absolute atomic E-state index is 12.9. The lowest BCUT2D eigenvalue weighted by molar-refractivity contribution is 0.0527. The van der Waals surface area contributed by atoms with E-state index in [-0.39, 0.29) is 23.8 Å². The topological polar surface area (TPSA) is 70.1 Å². The molecule has 2 N–H and O–H groups in total. The number of halogens is 1. The number of aromatic nitrogens is 2. The van der Waals surface area contributed by atoms with Crippen LogP contribution in [-0.2, 0) is 4.74 Å². The largest absolute Gasteiger partial charge is 0.462 e. The van der Waals surface area contributed by atoms with Gasteiger partial charge in [0, 0.05) is 0 Å². The quantitative estimate of drug-likeness (QED) is 0.861. The molecule has 0 unspecified atom stereocenters. The third-order valence-corrected chi connectivity index (χ3v) is 2.65. The van der Waals surface area contributed by atoms with Gasteiger partial charge in [-0.1, -0.05) is 0 Å². The van der Waals surface area contributed by atoms with E-state index < -0.39 is 5.97 Å². The summed E-state index contributed by atoms with van der Waals surface area (Å²) in [5.74, 6) is -0.676. The number of hydrogen-bond donors (Lipinski definition) is 1. The molecule has 0 radical (unpaired) electrons. The fraction of sp³-hybridized carbons (Fsp3) is 0.231. The Balaban J connectivity index is 2.46. The van der Waals surface area contributed by atoms with Crippen LogP contribution in [-0.4, -0.2) is 22.4 Å². The van der Waals surface area contributed by atoms with Crippen molar-refractivity contribution in [3.8, 4) is 5.69 Å². The van der Waals surface area contributed by atoms with Gasteiger partial charge in [-0.05, 0) is 38.1 Å². The maximum Gasteiger partial charge on any atom is 0.343 e. The molecule has 1 aromatic heterocycles. The van der Waals surface area contributed by atoms with E-state index in [4.69, 9.17) is 10.5 Å². The van der Waals surface area contributed by atoms with E-state index in [2.05, 4.69) is 5.10 Å². The zero-order valence-electron chi connectivity index (χ0n) is 10.7. The molecule has 5 nitrogen and oxygen atoms in total. The van der Waals surface area contributed by atoms with Gasteiger partial charge in [0.15, 0.2) is 0 Å². The minimum absolute atomic E-state index is 0.183. The van der Waals surface area contributed by atoms with Crippen molar-refractivity contribution >= 4 is 11.8 Å². The molecule has 0 saturated heterocycles. The first-order valence-corrected chi connectivity index (χ1v) is 5.82. The summed E-state index contributed by atoms with van der Waals surface area (Å²) in [5, 5.41) is 4.18. The van der Waals surface area contributed by atoms with Crippen molar-refractivity contribution in [2.75, 3.05) is 12.3 Å². The number of carbonyl (C=O) groups is 1. The summed E-state index contributed by atoms with van der Waals surface area (Å²) >= 11 is 0. The molecule has 2 aromatic rings. The van der Waals surface area contributed by atoms with Crippen molar-refractivity contribution < 1.29 is 13.9 Å². The third-order valence-electron chi connectivity index (χ3n) is 2.65. The van der Waals surface area contributed by atoms with E-state index in [0.717, 1.165) is 0 Å². The lowest BCUT2D eigenvalue weighted by Crippen LogP contribution is -2.09. The normalized spacial score (nSPS) is 10.5. The molecule has 0 aliphatic heterocycles. The average Bonchev–Trinajstić information content (AvgIpc) is 2.66.